The van der Waals surface area contributed by atoms with Crippen LogP contribution < -0.4 is 0 Å². The van der Waals surface area contributed by atoms with Crippen LogP contribution in [0.4, 0.5) is 0 Å². The molecule has 2 heterocycles. The zero-order valence-electron chi connectivity index (χ0n) is 7.39. The maximum Gasteiger partial charge on any atom is 0.0866 e. The van der Waals surface area contributed by atoms with Crippen molar-refractivity contribution in [1.82, 2.24) is 15.0 Å². The Morgan fingerprint density at radius 2 is 2.62 bits per heavy atom. The van der Waals surface area contributed by atoms with Crippen LogP contribution in [0.5, 0.6) is 0 Å². The molecule has 5 heteroatoms. The van der Waals surface area contributed by atoms with E-state index in [9.17, 15) is 0 Å². The number of aromatic nitrogens is 3. The maximum atomic E-state index is 8.95. The van der Waals surface area contributed by atoms with Gasteiger partial charge in [0.1, 0.15) is 0 Å². The lowest BCUT2D eigenvalue weighted by Gasteiger charge is -2.08. The van der Waals surface area contributed by atoms with Crippen LogP contribution in [0, 0.1) is 5.92 Å². The summed E-state index contributed by atoms with van der Waals surface area (Å²) in [6.07, 6.45) is 2.67. The van der Waals surface area contributed by atoms with Gasteiger partial charge in [0.15, 0.2) is 0 Å². The predicted octanol–water partition coefficient (Wildman–Crippen LogP) is -0.193. The number of rotatable bonds is 3. The summed E-state index contributed by atoms with van der Waals surface area (Å²) >= 11 is 0. The highest BCUT2D eigenvalue weighted by molar-refractivity contribution is 4.91. The van der Waals surface area contributed by atoms with E-state index in [-0.39, 0.29) is 6.61 Å². The first kappa shape index (κ1) is 8.65. The Bertz CT molecular complexity index is 268. The van der Waals surface area contributed by atoms with Crippen LogP contribution in [0.3, 0.4) is 0 Å². The van der Waals surface area contributed by atoms with Crippen molar-refractivity contribution in [3.63, 3.8) is 0 Å². The van der Waals surface area contributed by atoms with Crippen molar-refractivity contribution < 1.29 is 9.84 Å². The molecule has 1 N–H and O–H groups in total. The van der Waals surface area contributed by atoms with E-state index in [1.165, 1.54) is 0 Å². The SMILES string of the molecule is OCc1cnnn1CC1CCOC1. The van der Waals surface area contributed by atoms with Gasteiger partial charge in [0.2, 0.25) is 0 Å². The largest absolute Gasteiger partial charge is 0.390 e. The number of ether oxygens (including phenoxy) is 1. The first-order valence-corrected chi connectivity index (χ1v) is 4.46. The predicted molar refractivity (Wildman–Crippen MR) is 44.9 cm³/mol. The molecule has 1 atom stereocenters. The number of aliphatic hydroxyl groups is 1. The second kappa shape index (κ2) is 3.85. The Morgan fingerprint density at radius 1 is 1.69 bits per heavy atom. The molecule has 1 saturated heterocycles. The molecule has 5 nitrogen and oxygen atoms in total. The second-order valence-corrected chi connectivity index (χ2v) is 3.30. The molecular weight excluding hydrogens is 170 g/mol. The maximum absolute atomic E-state index is 8.95. The Balaban J connectivity index is 1.99. The third kappa shape index (κ3) is 1.87. The van der Waals surface area contributed by atoms with E-state index >= 15 is 0 Å². The van der Waals surface area contributed by atoms with Crippen LogP contribution in [-0.2, 0) is 17.9 Å². The summed E-state index contributed by atoms with van der Waals surface area (Å²) in [5, 5.41) is 16.6. The van der Waals surface area contributed by atoms with E-state index in [1.807, 2.05) is 0 Å². The van der Waals surface area contributed by atoms with Crippen molar-refractivity contribution in [3.05, 3.63) is 11.9 Å². The summed E-state index contributed by atoms with van der Waals surface area (Å²) in [5.74, 6) is 0.520. The first-order chi connectivity index (χ1) is 6.40. The summed E-state index contributed by atoms with van der Waals surface area (Å²) < 4.78 is 7.00. The fourth-order valence-corrected chi connectivity index (χ4v) is 1.53. The average Bonchev–Trinajstić information content (AvgIpc) is 2.76. The molecule has 1 unspecified atom stereocenters. The molecule has 1 fully saturated rings. The highest BCUT2D eigenvalue weighted by Gasteiger charge is 2.17. The molecule has 1 aliphatic rings. The smallest absolute Gasteiger partial charge is 0.0866 e. The Hall–Kier alpha value is -0.940. The van der Waals surface area contributed by atoms with Crippen LogP contribution in [0.1, 0.15) is 12.1 Å². The lowest BCUT2D eigenvalue weighted by molar-refractivity contribution is 0.180. The number of hydrogen-bond acceptors (Lipinski definition) is 4. The van der Waals surface area contributed by atoms with E-state index in [1.54, 1.807) is 10.9 Å². The first-order valence-electron chi connectivity index (χ1n) is 4.46. The van der Waals surface area contributed by atoms with Crippen molar-refractivity contribution in [2.45, 2.75) is 19.6 Å². The molecule has 0 aliphatic carbocycles. The molecule has 1 aromatic heterocycles. The van der Waals surface area contributed by atoms with Crippen LogP contribution in [0.15, 0.2) is 6.20 Å². The molecule has 0 radical (unpaired) electrons. The van der Waals surface area contributed by atoms with Gasteiger partial charge in [0, 0.05) is 19.1 Å². The van der Waals surface area contributed by atoms with Crippen LogP contribution in [-0.4, -0.2) is 33.3 Å². The number of aliphatic hydroxyl groups excluding tert-OH is 1. The van der Waals surface area contributed by atoms with Crippen LogP contribution in [0.25, 0.3) is 0 Å². The van der Waals surface area contributed by atoms with Crippen molar-refractivity contribution in [3.8, 4) is 0 Å². The van der Waals surface area contributed by atoms with Gasteiger partial charge in [0.05, 0.1) is 25.1 Å². The second-order valence-electron chi connectivity index (χ2n) is 3.30. The standard InChI is InChI=1S/C8H13N3O2/c12-5-8-3-9-10-11(8)4-7-1-2-13-6-7/h3,7,12H,1-2,4-6H2. The van der Waals surface area contributed by atoms with E-state index < -0.39 is 0 Å². The highest BCUT2D eigenvalue weighted by atomic mass is 16.5. The normalized spacial score (nSPS) is 22.4. The fraction of sp³-hybridized carbons (Fsp3) is 0.750. The van der Waals surface area contributed by atoms with Gasteiger partial charge in [-0.3, -0.25) is 0 Å². The van der Waals surface area contributed by atoms with E-state index in [0.29, 0.717) is 5.92 Å². The molecule has 0 bridgehead atoms. The average molecular weight is 183 g/mol. The molecular formula is C8H13N3O2. The molecule has 0 saturated carbocycles. The highest BCUT2D eigenvalue weighted by Crippen LogP contribution is 2.14. The molecule has 0 spiro atoms. The third-order valence-corrected chi connectivity index (χ3v) is 2.32. The van der Waals surface area contributed by atoms with Crippen molar-refractivity contribution in [2.24, 2.45) is 5.92 Å². The Labute approximate surface area is 76.3 Å². The summed E-state index contributed by atoms with van der Waals surface area (Å²) in [5.41, 5.74) is 0.770. The topological polar surface area (TPSA) is 60.2 Å². The third-order valence-electron chi connectivity index (χ3n) is 2.32. The fourth-order valence-electron chi connectivity index (χ4n) is 1.53. The van der Waals surface area contributed by atoms with Gasteiger partial charge < -0.3 is 9.84 Å². The van der Waals surface area contributed by atoms with E-state index in [2.05, 4.69) is 10.3 Å². The lowest BCUT2D eigenvalue weighted by Crippen LogP contribution is -2.14. The summed E-state index contributed by atoms with van der Waals surface area (Å²) in [4.78, 5) is 0. The van der Waals surface area contributed by atoms with Gasteiger partial charge in [-0.2, -0.15) is 0 Å². The zero-order chi connectivity index (χ0) is 9.10. The summed E-state index contributed by atoms with van der Waals surface area (Å²) in [6.45, 7) is 2.44. The van der Waals surface area contributed by atoms with E-state index in [0.717, 1.165) is 31.9 Å². The van der Waals surface area contributed by atoms with Gasteiger partial charge >= 0.3 is 0 Å². The van der Waals surface area contributed by atoms with Gasteiger partial charge in [-0.25, -0.2) is 4.68 Å². The molecule has 0 aromatic carbocycles. The van der Waals surface area contributed by atoms with Gasteiger partial charge in [0.25, 0.3) is 0 Å². The molecule has 1 aliphatic heterocycles. The van der Waals surface area contributed by atoms with Gasteiger partial charge in [-0.1, -0.05) is 5.21 Å². The molecule has 13 heavy (non-hydrogen) atoms. The van der Waals surface area contributed by atoms with Crippen molar-refractivity contribution >= 4 is 0 Å². The minimum Gasteiger partial charge on any atom is -0.390 e. The lowest BCUT2D eigenvalue weighted by atomic mass is 10.1. The van der Waals surface area contributed by atoms with Crippen LogP contribution in [0.2, 0.25) is 0 Å². The van der Waals surface area contributed by atoms with Crippen molar-refractivity contribution in [2.75, 3.05) is 13.2 Å². The molecule has 0 amide bonds. The minimum absolute atomic E-state index is 0.000573. The molecule has 2 rings (SSSR count). The van der Waals surface area contributed by atoms with Gasteiger partial charge in [-0.15, -0.1) is 5.10 Å². The molecule has 72 valence electrons. The van der Waals surface area contributed by atoms with Crippen LogP contribution >= 0.6 is 0 Å². The monoisotopic (exact) mass is 183 g/mol. The zero-order valence-corrected chi connectivity index (χ0v) is 7.39. The van der Waals surface area contributed by atoms with E-state index in [4.69, 9.17) is 9.84 Å². The van der Waals surface area contributed by atoms with Gasteiger partial charge in [-0.05, 0) is 6.42 Å². The number of nitrogens with zero attached hydrogens (tertiary/aromatic N) is 3. The summed E-state index contributed by atoms with van der Waals surface area (Å²) in [7, 11) is 0. The summed E-state index contributed by atoms with van der Waals surface area (Å²) in [6, 6.07) is 0. The quantitative estimate of drug-likeness (QED) is 0.705. The Kier molecular flexibility index (Phi) is 2.56. The molecule has 1 aromatic rings. The Morgan fingerprint density at radius 3 is 3.31 bits per heavy atom. The number of hydrogen-bond donors (Lipinski definition) is 1. The minimum atomic E-state index is 0.000573. The van der Waals surface area contributed by atoms with Crippen molar-refractivity contribution in [1.29, 1.82) is 0 Å².